The summed E-state index contributed by atoms with van der Waals surface area (Å²) in [6.07, 6.45) is 7.91. The molecule has 0 fully saturated rings. The number of anilines is 1. The molecular formula is C18H23N5O3. The van der Waals surface area contributed by atoms with Gasteiger partial charge in [0.2, 0.25) is 0 Å². The van der Waals surface area contributed by atoms with Gasteiger partial charge in [0.05, 0.1) is 17.6 Å². The third-order valence-electron chi connectivity index (χ3n) is 4.33. The highest BCUT2D eigenvalue weighted by atomic mass is 16.4. The van der Waals surface area contributed by atoms with E-state index in [4.69, 9.17) is 0 Å². The number of carboxylic acid groups (broad SMARTS) is 1. The highest BCUT2D eigenvalue weighted by Gasteiger charge is 2.23. The second-order valence-corrected chi connectivity index (χ2v) is 6.43. The average molecular weight is 357 g/mol. The van der Waals surface area contributed by atoms with Crippen molar-refractivity contribution in [3.8, 4) is 0 Å². The summed E-state index contributed by atoms with van der Waals surface area (Å²) in [6, 6.07) is 0.736. The van der Waals surface area contributed by atoms with E-state index in [1.165, 1.54) is 6.20 Å². The number of amides is 1. The number of hydrogen-bond acceptors (Lipinski definition) is 5. The predicted molar refractivity (Wildman–Crippen MR) is 96.2 cm³/mol. The van der Waals surface area contributed by atoms with E-state index < -0.39 is 17.9 Å². The van der Waals surface area contributed by atoms with Gasteiger partial charge < -0.3 is 20.3 Å². The number of carbonyl (C=O) groups excluding carboxylic acids is 1. The largest absolute Gasteiger partial charge is 0.480 e. The third kappa shape index (κ3) is 4.19. The fourth-order valence-electron chi connectivity index (χ4n) is 3.01. The van der Waals surface area contributed by atoms with E-state index >= 15 is 0 Å². The molecule has 0 unspecified atom stereocenters. The number of pyridine rings is 1. The molecule has 3 rings (SSSR count). The third-order valence-corrected chi connectivity index (χ3v) is 4.33. The Bertz CT molecular complexity index is 802. The normalized spacial score (nSPS) is 14.2. The van der Waals surface area contributed by atoms with Crippen molar-refractivity contribution in [2.24, 2.45) is 0 Å². The van der Waals surface area contributed by atoms with E-state index in [2.05, 4.69) is 27.5 Å². The summed E-state index contributed by atoms with van der Waals surface area (Å²) in [5.74, 6) is -0.730. The maximum atomic E-state index is 12.5. The molecule has 0 bridgehead atoms. The van der Waals surface area contributed by atoms with Crippen LogP contribution in [0.1, 0.15) is 41.4 Å². The van der Waals surface area contributed by atoms with Crippen molar-refractivity contribution >= 4 is 17.7 Å². The summed E-state index contributed by atoms with van der Waals surface area (Å²) in [7, 11) is 0. The number of fused-ring (bicyclic) bond motifs is 1. The Morgan fingerprint density at radius 3 is 3.04 bits per heavy atom. The molecule has 3 N–H and O–H groups in total. The molecule has 3 heterocycles. The Balaban J connectivity index is 1.69. The first-order valence-corrected chi connectivity index (χ1v) is 8.84. The lowest BCUT2D eigenvalue weighted by molar-refractivity contribution is -0.139. The maximum Gasteiger partial charge on any atom is 0.326 e. The number of aryl methyl sites for hydroxylation is 2. The molecule has 8 nitrogen and oxygen atoms in total. The van der Waals surface area contributed by atoms with Crippen molar-refractivity contribution < 1.29 is 14.7 Å². The van der Waals surface area contributed by atoms with Gasteiger partial charge in [0.25, 0.3) is 5.91 Å². The van der Waals surface area contributed by atoms with Crippen LogP contribution in [0, 0.1) is 0 Å². The second-order valence-electron chi connectivity index (χ2n) is 6.43. The molecule has 0 saturated heterocycles. The van der Waals surface area contributed by atoms with Gasteiger partial charge >= 0.3 is 5.97 Å². The van der Waals surface area contributed by atoms with Gasteiger partial charge in [0, 0.05) is 31.9 Å². The van der Waals surface area contributed by atoms with Crippen LogP contribution in [0.2, 0.25) is 0 Å². The maximum absolute atomic E-state index is 12.5. The van der Waals surface area contributed by atoms with Crippen molar-refractivity contribution in [1.82, 2.24) is 19.9 Å². The van der Waals surface area contributed by atoms with Gasteiger partial charge in [0.1, 0.15) is 11.9 Å². The molecule has 1 atom stereocenters. The van der Waals surface area contributed by atoms with Crippen molar-refractivity contribution in [3.05, 3.63) is 41.6 Å². The summed E-state index contributed by atoms with van der Waals surface area (Å²) in [4.78, 5) is 32.5. The smallest absolute Gasteiger partial charge is 0.326 e. The molecular weight excluding hydrogens is 334 g/mol. The number of nitrogens with one attached hydrogen (secondary N) is 2. The number of rotatable bonds is 7. The average Bonchev–Trinajstić information content (AvgIpc) is 3.08. The zero-order valence-corrected chi connectivity index (χ0v) is 14.7. The molecule has 1 amide bonds. The van der Waals surface area contributed by atoms with Crippen LogP contribution in [0.3, 0.4) is 0 Å². The molecule has 2 aromatic rings. The first-order valence-electron chi connectivity index (χ1n) is 8.84. The Hall–Kier alpha value is -2.90. The van der Waals surface area contributed by atoms with E-state index in [9.17, 15) is 14.7 Å². The van der Waals surface area contributed by atoms with E-state index in [1.807, 2.05) is 10.8 Å². The lowest BCUT2D eigenvalue weighted by Crippen LogP contribution is -2.42. The Morgan fingerprint density at radius 1 is 1.42 bits per heavy atom. The second kappa shape index (κ2) is 7.99. The molecule has 26 heavy (non-hydrogen) atoms. The van der Waals surface area contributed by atoms with Gasteiger partial charge in [-0.2, -0.15) is 0 Å². The SMILES string of the molecule is CCCn1cnc(C[C@H](NC(=O)c2cnc3c(c2)CCCN3)C(=O)O)c1. The van der Waals surface area contributed by atoms with Crippen LogP contribution in [-0.2, 0) is 24.2 Å². The van der Waals surface area contributed by atoms with Crippen molar-refractivity contribution in [1.29, 1.82) is 0 Å². The quantitative estimate of drug-likeness (QED) is 0.692. The molecule has 8 heteroatoms. The summed E-state index contributed by atoms with van der Waals surface area (Å²) in [6.45, 7) is 3.76. The number of nitrogens with zero attached hydrogens (tertiary/aromatic N) is 3. The van der Waals surface area contributed by atoms with Crippen LogP contribution in [0.25, 0.3) is 0 Å². The van der Waals surface area contributed by atoms with Gasteiger partial charge in [-0.3, -0.25) is 4.79 Å². The van der Waals surface area contributed by atoms with Crippen LogP contribution >= 0.6 is 0 Å². The summed E-state index contributed by atoms with van der Waals surface area (Å²) in [5, 5.41) is 15.2. The summed E-state index contributed by atoms with van der Waals surface area (Å²) >= 11 is 0. The summed E-state index contributed by atoms with van der Waals surface area (Å²) in [5.41, 5.74) is 1.99. The van der Waals surface area contributed by atoms with Gasteiger partial charge in [-0.25, -0.2) is 14.8 Å². The zero-order chi connectivity index (χ0) is 18.5. The number of carboxylic acids is 1. The molecule has 1 aliphatic heterocycles. The Kier molecular flexibility index (Phi) is 5.50. The molecule has 2 aromatic heterocycles. The molecule has 0 aliphatic carbocycles. The van der Waals surface area contributed by atoms with E-state index in [1.54, 1.807) is 12.4 Å². The number of imidazole rings is 1. The topological polar surface area (TPSA) is 109 Å². The van der Waals surface area contributed by atoms with Crippen LogP contribution < -0.4 is 10.6 Å². The highest BCUT2D eigenvalue weighted by Crippen LogP contribution is 2.20. The summed E-state index contributed by atoms with van der Waals surface area (Å²) < 4.78 is 1.91. The van der Waals surface area contributed by atoms with Gasteiger partial charge in [-0.1, -0.05) is 6.92 Å². The van der Waals surface area contributed by atoms with Crippen LogP contribution in [-0.4, -0.2) is 44.1 Å². The molecule has 0 saturated carbocycles. The van der Waals surface area contributed by atoms with Gasteiger partial charge in [-0.15, -0.1) is 0 Å². The van der Waals surface area contributed by atoms with E-state index in [0.29, 0.717) is 11.3 Å². The minimum absolute atomic E-state index is 0.137. The molecule has 0 radical (unpaired) electrons. The van der Waals surface area contributed by atoms with Crippen LogP contribution in [0.5, 0.6) is 0 Å². The lowest BCUT2D eigenvalue weighted by Gasteiger charge is -2.18. The zero-order valence-electron chi connectivity index (χ0n) is 14.7. The van der Waals surface area contributed by atoms with E-state index in [0.717, 1.165) is 43.7 Å². The fourth-order valence-corrected chi connectivity index (χ4v) is 3.01. The molecule has 138 valence electrons. The molecule has 0 spiro atoms. The van der Waals surface area contributed by atoms with E-state index in [-0.39, 0.29) is 6.42 Å². The number of aliphatic carboxylic acids is 1. The van der Waals surface area contributed by atoms with Crippen molar-refractivity contribution in [3.63, 3.8) is 0 Å². The Morgan fingerprint density at radius 2 is 2.27 bits per heavy atom. The van der Waals surface area contributed by atoms with Crippen LogP contribution in [0.15, 0.2) is 24.8 Å². The van der Waals surface area contributed by atoms with Crippen molar-refractivity contribution in [2.45, 2.75) is 45.2 Å². The highest BCUT2D eigenvalue weighted by molar-refractivity contribution is 5.96. The van der Waals surface area contributed by atoms with Crippen LogP contribution in [0.4, 0.5) is 5.82 Å². The minimum atomic E-state index is -1.09. The minimum Gasteiger partial charge on any atom is -0.480 e. The number of aromatic nitrogens is 3. The number of hydrogen-bond donors (Lipinski definition) is 3. The molecule has 1 aliphatic rings. The fraction of sp³-hybridized carbons (Fsp3) is 0.444. The predicted octanol–water partition coefficient (Wildman–Crippen LogP) is 1.47. The Labute approximate surface area is 151 Å². The monoisotopic (exact) mass is 357 g/mol. The van der Waals surface area contributed by atoms with Crippen molar-refractivity contribution in [2.75, 3.05) is 11.9 Å². The number of carbonyl (C=O) groups is 2. The molecule has 0 aromatic carbocycles. The first-order chi connectivity index (χ1) is 12.6. The van der Waals surface area contributed by atoms with Gasteiger partial charge in [-0.05, 0) is 30.9 Å². The lowest BCUT2D eigenvalue weighted by atomic mass is 10.0. The standard InChI is InChI=1S/C18H23N5O3/c1-2-6-23-10-14(21-11-23)8-15(18(25)26)22-17(24)13-7-12-4-3-5-19-16(12)20-9-13/h7,9-11,15H,2-6,8H2,1H3,(H,19,20)(H,22,24)(H,25,26)/t15-/m0/s1. The first kappa shape index (κ1) is 17.9. The van der Waals surface area contributed by atoms with Gasteiger partial charge in [0.15, 0.2) is 0 Å².